The van der Waals surface area contributed by atoms with Crippen molar-refractivity contribution in [3.8, 4) is 0 Å². The van der Waals surface area contributed by atoms with Crippen LogP contribution in [0.5, 0.6) is 0 Å². The van der Waals surface area contributed by atoms with Crippen molar-refractivity contribution in [2.45, 2.75) is 49.0 Å². The second kappa shape index (κ2) is 4.90. The van der Waals surface area contributed by atoms with Gasteiger partial charge in [-0.2, -0.15) is 26.3 Å². The maximum absolute atomic E-state index is 13.8. The van der Waals surface area contributed by atoms with Gasteiger partial charge in [0.1, 0.15) is 10.8 Å². The summed E-state index contributed by atoms with van der Waals surface area (Å²) >= 11 is 0. The molecule has 8 aliphatic rings. The number of fused-ring (bicyclic) bond motifs is 14. The zero-order valence-corrected chi connectivity index (χ0v) is 16.7. The number of ether oxygens (including phenoxy) is 3. The molecule has 1 saturated carbocycles. The molecule has 0 aromatic carbocycles. The molecule has 12 atom stereocenters. The van der Waals surface area contributed by atoms with Gasteiger partial charge in [0.05, 0.1) is 47.8 Å². The fraction of sp³-hybridized carbons (Fsp3) is 0.714. The molecule has 6 fully saturated rings. The minimum Gasteiger partial charge on any atom is -0.373 e. The van der Waals surface area contributed by atoms with Crippen molar-refractivity contribution in [1.29, 1.82) is 0 Å². The molecule has 0 spiro atoms. The third-order valence-electron chi connectivity index (χ3n) is 9.78. The minimum absolute atomic E-state index is 0.454. The maximum atomic E-state index is 13.8. The fourth-order valence-corrected chi connectivity index (χ4v) is 9.29. The Hall–Kier alpha value is -1.92. The van der Waals surface area contributed by atoms with E-state index in [0.717, 1.165) is 4.90 Å². The minimum atomic E-state index is -5.21. The van der Waals surface area contributed by atoms with Crippen molar-refractivity contribution in [2.75, 3.05) is 7.05 Å². The molecule has 7 aliphatic heterocycles. The summed E-state index contributed by atoms with van der Waals surface area (Å²) in [5, 5.41) is 0. The Morgan fingerprint density at radius 1 is 0.758 bits per heavy atom. The zero-order chi connectivity index (χ0) is 23.2. The predicted octanol–water partition coefficient (Wildman–Crippen LogP) is 1.76. The lowest BCUT2D eigenvalue weighted by Gasteiger charge is -2.63. The molecule has 6 nitrogen and oxygen atoms in total. The highest BCUT2D eigenvalue weighted by Crippen LogP contribution is 2.85. The summed E-state index contributed by atoms with van der Waals surface area (Å²) in [6.07, 6.45) is -13.9. The highest BCUT2D eigenvalue weighted by Gasteiger charge is 2.97. The number of halogens is 6. The third kappa shape index (κ3) is 1.54. The van der Waals surface area contributed by atoms with E-state index in [9.17, 15) is 35.9 Å². The van der Waals surface area contributed by atoms with Gasteiger partial charge in [-0.25, -0.2) is 0 Å². The normalized spacial score (nSPS) is 56.6. The van der Waals surface area contributed by atoms with E-state index in [1.165, 1.54) is 7.05 Å². The lowest BCUT2D eigenvalue weighted by atomic mass is 9.32. The molecule has 0 aromatic rings. The van der Waals surface area contributed by atoms with Gasteiger partial charge >= 0.3 is 12.4 Å². The van der Waals surface area contributed by atoms with E-state index in [1.54, 1.807) is 12.2 Å². The second-order valence-electron chi connectivity index (χ2n) is 10.3. The number of likely N-dealkylation sites (tertiary alicyclic amines) is 1. The number of rotatable bonds is 0. The lowest BCUT2D eigenvalue weighted by Crippen LogP contribution is -2.76. The van der Waals surface area contributed by atoms with E-state index in [-0.39, 0.29) is 0 Å². The van der Waals surface area contributed by atoms with E-state index >= 15 is 0 Å². The van der Waals surface area contributed by atoms with Crippen molar-refractivity contribution in [1.82, 2.24) is 4.90 Å². The lowest BCUT2D eigenvalue weighted by molar-refractivity contribution is -0.196. The molecule has 33 heavy (non-hydrogen) atoms. The average Bonchev–Trinajstić information content (AvgIpc) is 3.50. The van der Waals surface area contributed by atoms with Gasteiger partial charge in [-0.05, 0) is 0 Å². The molecule has 0 aromatic heterocycles. The predicted molar refractivity (Wildman–Crippen MR) is 90.9 cm³/mol. The van der Waals surface area contributed by atoms with E-state index in [0.29, 0.717) is 0 Å². The molecule has 5 saturated heterocycles. The van der Waals surface area contributed by atoms with Gasteiger partial charge in [0.25, 0.3) is 0 Å². The summed E-state index contributed by atoms with van der Waals surface area (Å²) in [5.41, 5.74) is -5.95. The Bertz CT molecular complexity index is 1060. The Labute approximate surface area is 181 Å². The molecule has 0 N–H and O–H groups in total. The van der Waals surface area contributed by atoms with Gasteiger partial charge in [-0.1, -0.05) is 12.2 Å². The number of carbonyl (C=O) groups is 2. The summed E-state index contributed by atoms with van der Waals surface area (Å²) in [5.74, 6) is -4.06. The molecule has 1 aliphatic carbocycles. The zero-order valence-electron chi connectivity index (χ0n) is 16.7. The van der Waals surface area contributed by atoms with Crippen molar-refractivity contribution < 1.29 is 50.1 Å². The van der Waals surface area contributed by atoms with Crippen LogP contribution in [0.4, 0.5) is 26.3 Å². The van der Waals surface area contributed by atoms with Crippen LogP contribution in [0.2, 0.25) is 0 Å². The van der Waals surface area contributed by atoms with Crippen LogP contribution in [0.1, 0.15) is 0 Å². The Morgan fingerprint density at radius 3 is 1.58 bits per heavy atom. The Morgan fingerprint density at radius 2 is 1.18 bits per heavy atom. The quantitative estimate of drug-likeness (QED) is 0.304. The molecular formula is C21H15F6NO5. The molecule has 176 valence electrons. The van der Waals surface area contributed by atoms with Crippen LogP contribution in [-0.4, -0.2) is 72.7 Å². The fourth-order valence-electron chi connectivity index (χ4n) is 9.29. The summed E-state index contributed by atoms with van der Waals surface area (Å²) in [6.45, 7) is 0. The first-order valence-electron chi connectivity index (χ1n) is 10.7. The molecule has 0 unspecified atom stereocenters. The largest absolute Gasteiger partial charge is 0.415 e. The molecule has 8 rings (SSSR count). The average molecular weight is 475 g/mol. The first-order valence-corrected chi connectivity index (χ1v) is 10.7. The second-order valence-corrected chi connectivity index (χ2v) is 10.3. The number of amides is 2. The molecule has 0 radical (unpaired) electrons. The number of nitrogens with zero attached hydrogens (tertiary/aromatic N) is 1. The standard InChI is InChI=1S/C21H15F6NO5/c1-28-16(29)18-4-2-3-5(31-4)19(18,17(28)30)9-8(18)12-6-7(13(9)32-12)15-11(21(25,26)27)10(14(6)33-15)20(22,23)24/h2-9,12-15H,1H3/t4-,5+,6+,7-,8-,9+,12+,13-,14-,15+,18-,19+. The van der Waals surface area contributed by atoms with E-state index in [4.69, 9.17) is 14.2 Å². The summed E-state index contributed by atoms with van der Waals surface area (Å²) in [4.78, 5) is 27.9. The monoisotopic (exact) mass is 475 g/mol. The number of alkyl halides is 6. The van der Waals surface area contributed by atoms with Gasteiger partial charge in [0.2, 0.25) is 11.8 Å². The van der Waals surface area contributed by atoms with Gasteiger partial charge in [-0.15, -0.1) is 0 Å². The number of hydrogen-bond acceptors (Lipinski definition) is 5. The van der Waals surface area contributed by atoms with Crippen molar-refractivity contribution >= 4 is 11.8 Å². The summed E-state index contributed by atoms with van der Waals surface area (Å²) in [6, 6.07) is 0. The van der Waals surface area contributed by atoms with Gasteiger partial charge in [0, 0.05) is 30.7 Å². The van der Waals surface area contributed by atoms with Crippen LogP contribution in [0, 0.1) is 34.5 Å². The van der Waals surface area contributed by atoms with Gasteiger partial charge < -0.3 is 14.2 Å². The first kappa shape index (κ1) is 19.4. The van der Waals surface area contributed by atoms with Gasteiger partial charge in [0.15, 0.2) is 0 Å². The van der Waals surface area contributed by atoms with Crippen LogP contribution < -0.4 is 0 Å². The first-order chi connectivity index (χ1) is 15.4. The molecular weight excluding hydrogens is 460 g/mol. The maximum Gasteiger partial charge on any atom is 0.415 e. The van der Waals surface area contributed by atoms with Gasteiger partial charge in [-0.3, -0.25) is 14.5 Å². The van der Waals surface area contributed by atoms with Crippen molar-refractivity contribution in [2.24, 2.45) is 34.5 Å². The molecule has 7 heterocycles. The Kier molecular flexibility index (Phi) is 2.88. The van der Waals surface area contributed by atoms with Crippen LogP contribution in [-0.2, 0) is 23.8 Å². The number of imide groups is 1. The van der Waals surface area contributed by atoms with Crippen LogP contribution in [0.25, 0.3) is 0 Å². The highest BCUT2D eigenvalue weighted by atomic mass is 19.4. The van der Waals surface area contributed by atoms with Crippen molar-refractivity contribution in [3.05, 3.63) is 23.3 Å². The van der Waals surface area contributed by atoms with Crippen LogP contribution >= 0.6 is 0 Å². The highest BCUT2D eigenvalue weighted by molar-refractivity contribution is 6.13. The Balaban J connectivity index is 1.31. The third-order valence-corrected chi connectivity index (χ3v) is 9.78. The topological polar surface area (TPSA) is 65.1 Å². The number of carbonyl (C=O) groups excluding carboxylic acids is 2. The van der Waals surface area contributed by atoms with Crippen LogP contribution in [0.3, 0.4) is 0 Å². The van der Waals surface area contributed by atoms with Crippen LogP contribution in [0.15, 0.2) is 23.3 Å². The summed E-state index contributed by atoms with van der Waals surface area (Å²) in [7, 11) is 1.37. The van der Waals surface area contributed by atoms with E-state index < -0.39 is 106 Å². The number of hydrogen-bond donors (Lipinski definition) is 0. The smallest absolute Gasteiger partial charge is 0.373 e. The van der Waals surface area contributed by atoms with Crippen molar-refractivity contribution in [3.63, 3.8) is 0 Å². The molecule has 2 amide bonds. The van der Waals surface area contributed by atoms with E-state index in [1.807, 2.05) is 0 Å². The summed E-state index contributed by atoms with van der Waals surface area (Å²) < 4.78 is 100. The molecule has 6 bridgehead atoms. The van der Waals surface area contributed by atoms with E-state index in [2.05, 4.69) is 0 Å². The SMILES string of the molecule is CN1C(=O)[C@@]23[C@H]4[C@H]5O[C@H]([C@H]6[C@@H]5[C@H]5O[C@@H]6C(C(F)(F)F)=C5C(F)(F)F)[C@H]4[C@]2(C1=O)[C@@H]1C=C[C@H]3O1. The molecule has 12 heteroatoms.